The maximum Gasteiger partial charge on any atom is 0.416 e. The summed E-state index contributed by atoms with van der Waals surface area (Å²) in [5, 5.41) is 14.1. The van der Waals surface area contributed by atoms with E-state index < -0.39 is 17.8 Å². The molecule has 7 heteroatoms. The molecule has 0 spiro atoms. The third-order valence-corrected chi connectivity index (χ3v) is 3.13. The summed E-state index contributed by atoms with van der Waals surface area (Å²) in [5.74, 6) is 0.473. The lowest BCUT2D eigenvalue weighted by atomic mass is 9.99. The Morgan fingerprint density at radius 3 is 2.67 bits per heavy atom. The number of aliphatic hydroxyl groups excluding tert-OH is 1. The fourth-order valence-electron chi connectivity index (χ4n) is 2.17. The number of benzene rings is 1. The van der Waals surface area contributed by atoms with Gasteiger partial charge in [0.05, 0.1) is 11.7 Å². The van der Waals surface area contributed by atoms with Crippen LogP contribution in [0.3, 0.4) is 0 Å². The van der Waals surface area contributed by atoms with E-state index in [0.29, 0.717) is 12.4 Å². The first-order valence-corrected chi connectivity index (χ1v) is 6.64. The van der Waals surface area contributed by atoms with Gasteiger partial charge in [0, 0.05) is 13.0 Å². The van der Waals surface area contributed by atoms with E-state index in [2.05, 4.69) is 10.1 Å². The Balaban J connectivity index is 2.25. The van der Waals surface area contributed by atoms with Gasteiger partial charge in [-0.25, -0.2) is 4.98 Å². The molecule has 1 aromatic heterocycles. The van der Waals surface area contributed by atoms with Crippen LogP contribution in [0.4, 0.5) is 13.2 Å². The molecule has 114 valence electrons. The molecule has 1 N–H and O–H groups in total. The number of hydrogen-bond acceptors (Lipinski definition) is 3. The van der Waals surface area contributed by atoms with Gasteiger partial charge >= 0.3 is 6.18 Å². The molecule has 1 aromatic carbocycles. The maximum absolute atomic E-state index is 12.9. The van der Waals surface area contributed by atoms with E-state index in [1.54, 1.807) is 4.68 Å². The van der Waals surface area contributed by atoms with Gasteiger partial charge < -0.3 is 5.11 Å². The first-order valence-electron chi connectivity index (χ1n) is 6.64. The number of nitrogens with zero attached hydrogens (tertiary/aromatic N) is 3. The van der Waals surface area contributed by atoms with Crippen LogP contribution in [0.2, 0.25) is 0 Å². The Bertz CT molecular complexity index is 595. The molecule has 2 rings (SSSR count). The Kier molecular flexibility index (Phi) is 4.62. The zero-order valence-electron chi connectivity index (χ0n) is 11.5. The summed E-state index contributed by atoms with van der Waals surface area (Å²) in [6.07, 6.45) is -3.61. The minimum absolute atomic E-state index is 0.00685. The second-order valence-corrected chi connectivity index (χ2v) is 4.70. The number of halogens is 3. The zero-order chi connectivity index (χ0) is 15.5. The molecule has 4 nitrogen and oxygen atoms in total. The molecule has 1 unspecified atom stereocenters. The van der Waals surface area contributed by atoms with Gasteiger partial charge in [-0.15, -0.1) is 0 Å². The van der Waals surface area contributed by atoms with Crippen LogP contribution in [-0.4, -0.2) is 19.9 Å². The Morgan fingerprint density at radius 1 is 1.29 bits per heavy atom. The molecule has 21 heavy (non-hydrogen) atoms. The van der Waals surface area contributed by atoms with Crippen molar-refractivity contribution in [2.24, 2.45) is 0 Å². The Hall–Kier alpha value is -1.89. The molecule has 2 aromatic rings. The lowest BCUT2D eigenvalue weighted by Crippen LogP contribution is -2.15. The quantitative estimate of drug-likeness (QED) is 0.923. The fraction of sp³-hybridized carbons (Fsp3) is 0.429. The predicted octanol–water partition coefficient (Wildman–Crippen LogP) is 2.98. The molecule has 0 aliphatic carbocycles. The SMILES string of the molecule is CCCn1ncnc1CC(O)c1ccccc1C(F)(F)F. The first-order chi connectivity index (χ1) is 9.93. The minimum Gasteiger partial charge on any atom is -0.388 e. The Labute approximate surface area is 120 Å². The molecule has 0 radical (unpaired) electrons. The fourth-order valence-corrected chi connectivity index (χ4v) is 2.17. The van der Waals surface area contributed by atoms with Crippen LogP contribution in [0.1, 0.15) is 36.4 Å². The lowest BCUT2D eigenvalue weighted by molar-refractivity contribution is -0.139. The van der Waals surface area contributed by atoms with Gasteiger partial charge in [0.25, 0.3) is 0 Å². The van der Waals surface area contributed by atoms with Gasteiger partial charge in [-0.1, -0.05) is 25.1 Å². The second kappa shape index (κ2) is 6.26. The van der Waals surface area contributed by atoms with Crippen molar-refractivity contribution in [1.29, 1.82) is 0 Å². The van der Waals surface area contributed by atoms with Crippen LogP contribution in [0.25, 0.3) is 0 Å². The van der Waals surface area contributed by atoms with E-state index >= 15 is 0 Å². The molecule has 1 atom stereocenters. The molecule has 0 aliphatic rings. The van der Waals surface area contributed by atoms with Crippen LogP contribution < -0.4 is 0 Å². The number of aromatic nitrogens is 3. The lowest BCUT2D eigenvalue weighted by Gasteiger charge is -2.17. The number of rotatable bonds is 5. The monoisotopic (exact) mass is 299 g/mol. The smallest absolute Gasteiger partial charge is 0.388 e. The van der Waals surface area contributed by atoms with E-state index in [1.807, 2.05) is 6.92 Å². The molecular weight excluding hydrogens is 283 g/mol. The van der Waals surface area contributed by atoms with Crippen LogP contribution in [0, 0.1) is 0 Å². The van der Waals surface area contributed by atoms with Gasteiger partial charge in [0.1, 0.15) is 12.2 Å². The summed E-state index contributed by atoms with van der Waals surface area (Å²) >= 11 is 0. The molecular formula is C14H16F3N3O. The summed E-state index contributed by atoms with van der Waals surface area (Å²) in [5.41, 5.74) is -0.963. The highest BCUT2D eigenvalue weighted by molar-refractivity contribution is 5.31. The van der Waals surface area contributed by atoms with E-state index in [9.17, 15) is 18.3 Å². The zero-order valence-corrected chi connectivity index (χ0v) is 11.5. The summed E-state index contributed by atoms with van der Waals surface area (Å²) in [6.45, 7) is 2.57. The van der Waals surface area contributed by atoms with Gasteiger partial charge in [0.2, 0.25) is 0 Å². The highest BCUT2D eigenvalue weighted by Crippen LogP contribution is 2.35. The number of alkyl halides is 3. The van der Waals surface area contributed by atoms with E-state index in [-0.39, 0.29) is 12.0 Å². The predicted molar refractivity (Wildman–Crippen MR) is 70.4 cm³/mol. The normalized spacial score (nSPS) is 13.4. The van der Waals surface area contributed by atoms with Crippen molar-refractivity contribution in [2.45, 2.75) is 38.6 Å². The van der Waals surface area contributed by atoms with Crippen molar-refractivity contribution in [3.63, 3.8) is 0 Å². The van der Waals surface area contributed by atoms with Gasteiger partial charge in [-0.05, 0) is 18.1 Å². The summed E-state index contributed by atoms with van der Waals surface area (Å²) in [6, 6.07) is 5.03. The van der Waals surface area contributed by atoms with Crippen LogP contribution in [-0.2, 0) is 19.1 Å². The third-order valence-electron chi connectivity index (χ3n) is 3.13. The second-order valence-electron chi connectivity index (χ2n) is 4.70. The van der Waals surface area contributed by atoms with E-state index in [1.165, 1.54) is 24.5 Å². The number of aliphatic hydroxyl groups is 1. The molecule has 1 heterocycles. The highest BCUT2D eigenvalue weighted by Gasteiger charge is 2.34. The molecule has 0 saturated carbocycles. The largest absolute Gasteiger partial charge is 0.416 e. The van der Waals surface area contributed by atoms with Crippen molar-refractivity contribution < 1.29 is 18.3 Å². The summed E-state index contributed by atoms with van der Waals surface area (Å²) < 4.78 is 40.4. The Morgan fingerprint density at radius 2 is 2.00 bits per heavy atom. The molecule has 0 fully saturated rings. The van der Waals surface area contributed by atoms with E-state index in [4.69, 9.17) is 0 Å². The average molecular weight is 299 g/mol. The molecule has 0 amide bonds. The molecule has 0 saturated heterocycles. The van der Waals surface area contributed by atoms with Crippen LogP contribution in [0.5, 0.6) is 0 Å². The molecule has 0 bridgehead atoms. The first kappa shape index (κ1) is 15.5. The number of aryl methyl sites for hydroxylation is 1. The molecule has 0 aliphatic heterocycles. The van der Waals surface area contributed by atoms with Crippen molar-refractivity contribution >= 4 is 0 Å². The standard InChI is InChI=1S/C14H16F3N3O/c1-2-7-20-13(18-9-19-20)8-12(21)10-5-3-4-6-11(10)14(15,16)17/h3-6,9,12,21H,2,7-8H2,1H3. The van der Waals surface area contributed by atoms with E-state index in [0.717, 1.165) is 12.5 Å². The van der Waals surface area contributed by atoms with Crippen molar-refractivity contribution in [3.05, 3.63) is 47.5 Å². The van der Waals surface area contributed by atoms with Crippen LogP contribution in [0.15, 0.2) is 30.6 Å². The average Bonchev–Trinajstić information content (AvgIpc) is 2.85. The van der Waals surface area contributed by atoms with Gasteiger partial charge in [0.15, 0.2) is 0 Å². The highest BCUT2D eigenvalue weighted by atomic mass is 19.4. The van der Waals surface area contributed by atoms with Crippen LogP contribution >= 0.6 is 0 Å². The van der Waals surface area contributed by atoms with Gasteiger partial charge in [-0.2, -0.15) is 18.3 Å². The van der Waals surface area contributed by atoms with Crippen molar-refractivity contribution in [2.75, 3.05) is 0 Å². The maximum atomic E-state index is 12.9. The third kappa shape index (κ3) is 3.60. The summed E-state index contributed by atoms with van der Waals surface area (Å²) in [4.78, 5) is 4.00. The topological polar surface area (TPSA) is 50.9 Å². The minimum atomic E-state index is -4.49. The van der Waals surface area contributed by atoms with Crippen molar-refractivity contribution in [1.82, 2.24) is 14.8 Å². The number of hydrogen-bond donors (Lipinski definition) is 1. The van der Waals surface area contributed by atoms with Gasteiger partial charge in [-0.3, -0.25) is 4.68 Å². The summed E-state index contributed by atoms with van der Waals surface area (Å²) in [7, 11) is 0. The van der Waals surface area contributed by atoms with Crippen molar-refractivity contribution in [3.8, 4) is 0 Å².